The van der Waals surface area contributed by atoms with Gasteiger partial charge in [-0.1, -0.05) is 18.5 Å². The summed E-state index contributed by atoms with van der Waals surface area (Å²) in [4.78, 5) is 16.2. The lowest BCUT2D eigenvalue weighted by atomic mass is 10.0. The van der Waals surface area contributed by atoms with E-state index in [1.165, 1.54) is 6.20 Å². The summed E-state index contributed by atoms with van der Waals surface area (Å²) in [6.07, 6.45) is 1.53. The Bertz CT molecular complexity index is 472. The third-order valence-corrected chi connectivity index (χ3v) is 4.08. The zero-order valence-electron chi connectivity index (χ0n) is 10.5. The number of aromatic nitrogens is 1. The molecule has 0 spiro atoms. The standard InChI is InChI=1S/C12H15BrClN3O2/c1-2-15-10-6-19-5-8(10)12(18)17-7-3-9(13)11(14)16-4-7/h3-4,8,10,15H,2,5-6H2,1H3,(H,17,18). The Labute approximate surface area is 125 Å². The number of halogens is 2. The molecule has 1 amide bonds. The second-order valence-corrected chi connectivity index (χ2v) is 5.51. The van der Waals surface area contributed by atoms with Gasteiger partial charge in [-0.3, -0.25) is 4.79 Å². The maximum Gasteiger partial charge on any atom is 0.231 e. The Morgan fingerprint density at radius 3 is 3.11 bits per heavy atom. The smallest absolute Gasteiger partial charge is 0.231 e. The van der Waals surface area contributed by atoms with Crippen LogP contribution in [0.25, 0.3) is 0 Å². The lowest BCUT2D eigenvalue weighted by Crippen LogP contribution is -2.41. The van der Waals surface area contributed by atoms with Crippen LogP contribution in [0.2, 0.25) is 5.15 Å². The monoisotopic (exact) mass is 347 g/mol. The highest BCUT2D eigenvalue weighted by molar-refractivity contribution is 9.10. The number of amides is 1. The molecule has 1 fully saturated rings. The van der Waals surface area contributed by atoms with Crippen molar-refractivity contribution in [2.75, 3.05) is 25.1 Å². The van der Waals surface area contributed by atoms with Crippen LogP contribution in [0.4, 0.5) is 5.69 Å². The second kappa shape index (κ2) is 6.65. The molecular formula is C12H15BrClN3O2. The summed E-state index contributed by atoms with van der Waals surface area (Å²) in [5.41, 5.74) is 0.614. The van der Waals surface area contributed by atoms with Gasteiger partial charge < -0.3 is 15.4 Å². The van der Waals surface area contributed by atoms with E-state index in [9.17, 15) is 4.79 Å². The molecule has 2 heterocycles. The summed E-state index contributed by atoms with van der Waals surface area (Å²) in [6, 6.07) is 1.79. The summed E-state index contributed by atoms with van der Waals surface area (Å²) in [7, 11) is 0. The first kappa shape index (κ1) is 14.7. The molecule has 2 rings (SSSR count). The van der Waals surface area contributed by atoms with E-state index < -0.39 is 0 Å². The maximum absolute atomic E-state index is 12.2. The fraction of sp³-hybridized carbons (Fsp3) is 0.500. The molecule has 0 aromatic carbocycles. The number of nitrogens with one attached hydrogen (secondary N) is 2. The zero-order chi connectivity index (χ0) is 13.8. The molecule has 0 saturated carbocycles. The molecule has 0 radical (unpaired) electrons. The van der Waals surface area contributed by atoms with Crippen molar-refractivity contribution in [3.8, 4) is 0 Å². The summed E-state index contributed by atoms with van der Waals surface area (Å²) >= 11 is 9.08. The number of pyridine rings is 1. The Morgan fingerprint density at radius 1 is 1.63 bits per heavy atom. The minimum Gasteiger partial charge on any atom is -0.379 e. The van der Waals surface area contributed by atoms with E-state index in [4.69, 9.17) is 16.3 Å². The fourth-order valence-corrected chi connectivity index (χ4v) is 2.45. The fourth-order valence-electron chi connectivity index (χ4n) is 2.00. The number of hydrogen-bond donors (Lipinski definition) is 2. The number of hydrogen-bond acceptors (Lipinski definition) is 4. The molecule has 0 aliphatic carbocycles. The van der Waals surface area contributed by atoms with E-state index in [-0.39, 0.29) is 17.9 Å². The predicted molar refractivity (Wildman–Crippen MR) is 77.4 cm³/mol. The van der Waals surface area contributed by atoms with Crippen LogP contribution >= 0.6 is 27.5 Å². The number of likely N-dealkylation sites (N-methyl/N-ethyl adjacent to an activating group) is 1. The third-order valence-electron chi connectivity index (χ3n) is 2.95. The number of nitrogens with zero attached hydrogens (tertiary/aromatic N) is 1. The van der Waals surface area contributed by atoms with Crippen molar-refractivity contribution in [3.05, 3.63) is 21.9 Å². The van der Waals surface area contributed by atoms with Crippen LogP contribution in [0.1, 0.15) is 6.92 Å². The Kier molecular flexibility index (Phi) is 5.15. The summed E-state index contributed by atoms with van der Waals surface area (Å²) < 4.78 is 6.01. The molecule has 19 heavy (non-hydrogen) atoms. The van der Waals surface area contributed by atoms with Gasteiger partial charge in [0.2, 0.25) is 5.91 Å². The van der Waals surface area contributed by atoms with Gasteiger partial charge >= 0.3 is 0 Å². The van der Waals surface area contributed by atoms with E-state index in [0.29, 0.717) is 28.5 Å². The van der Waals surface area contributed by atoms with Crippen LogP contribution in [0, 0.1) is 5.92 Å². The number of carbonyl (C=O) groups is 1. The maximum atomic E-state index is 12.2. The van der Waals surface area contributed by atoms with E-state index >= 15 is 0 Å². The van der Waals surface area contributed by atoms with Gasteiger partial charge in [0.05, 0.1) is 35.5 Å². The molecule has 2 unspecified atom stereocenters. The first-order valence-corrected chi connectivity index (χ1v) is 7.22. The molecule has 1 aliphatic rings. The minimum absolute atomic E-state index is 0.0636. The Hall–Kier alpha value is -0.690. The summed E-state index contributed by atoms with van der Waals surface area (Å²) in [5, 5.41) is 6.45. The van der Waals surface area contributed by atoms with E-state index in [1.54, 1.807) is 6.07 Å². The van der Waals surface area contributed by atoms with Crippen molar-refractivity contribution < 1.29 is 9.53 Å². The van der Waals surface area contributed by atoms with Gasteiger partial charge in [-0.2, -0.15) is 0 Å². The average Bonchev–Trinajstić information content (AvgIpc) is 2.83. The SMILES string of the molecule is CCNC1COCC1C(=O)Nc1cnc(Cl)c(Br)c1. The van der Waals surface area contributed by atoms with E-state index in [2.05, 4.69) is 31.5 Å². The average molecular weight is 349 g/mol. The molecule has 1 aromatic rings. The van der Waals surface area contributed by atoms with Crippen LogP contribution in [-0.2, 0) is 9.53 Å². The van der Waals surface area contributed by atoms with Crippen LogP contribution < -0.4 is 10.6 Å². The van der Waals surface area contributed by atoms with Crippen LogP contribution in [0.15, 0.2) is 16.7 Å². The van der Waals surface area contributed by atoms with Crippen molar-refractivity contribution in [1.82, 2.24) is 10.3 Å². The normalized spacial score (nSPS) is 22.5. The van der Waals surface area contributed by atoms with Gasteiger partial charge in [0.1, 0.15) is 5.15 Å². The highest BCUT2D eigenvalue weighted by atomic mass is 79.9. The van der Waals surface area contributed by atoms with Crippen molar-refractivity contribution in [3.63, 3.8) is 0 Å². The zero-order valence-corrected chi connectivity index (χ0v) is 12.8. The van der Waals surface area contributed by atoms with Gasteiger partial charge in [-0.05, 0) is 28.5 Å². The summed E-state index contributed by atoms with van der Waals surface area (Å²) in [6.45, 7) is 3.82. The van der Waals surface area contributed by atoms with Gasteiger partial charge in [0.25, 0.3) is 0 Å². The quantitative estimate of drug-likeness (QED) is 0.818. The number of carbonyl (C=O) groups excluding carboxylic acids is 1. The second-order valence-electron chi connectivity index (χ2n) is 4.29. The number of rotatable bonds is 4. The molecule has 5 nitrogen and oxygen atoms in total. The lowest BCUT2D eigenvalue weighted by molar-refractivity contribution is -0.120. The van der Waals surface area contributed by atoms with Crippen molar-refractivity contribution >= 4 is 39.1 Å². The van der Waals surface area contributed by atoms with Gasteiger partial charge in [0, 0.05) is 6.04 Å². The highest BCUT2D eigenvalue weighted by Crippen LogP contribution is 2.24. The van der Waals surface area contributed by atoms with Crippen molar-refractivity contribution in [2.45, 2.75) is 13.0 Å². The number of ether oxygens (including phenoxy) is 1. The van der Waals surface area contributed by atoms with Gasteiger partial charge in [0.15, 0.2) is 0 Å². The molecule has 0 bridgehead atoms. The largest absolute Gasteiger partial charge is 0.379 e. The Morgan fingerprint density at radius 2 is 2.42 bits per heavy atom. The van der Waals surface area contributed by atoms with Crippen LogP contribution in [0.5, 0.6) is 0 Å². The Balaban J connectivity index is 2.02. The predicted octanol–water partition coefficient (Wildman–Crippen LogP) is 2.06. The topological polar surface area (TPSA) is 63.2 Å². The molecule has 1 aromatic heterocycles. The highest BCUT2D eigenvalue weighted by Gasteiger charge is 2.33. The molecule has 104 valence electrons. The third kappa shape index (κ3) is 3.66. The van der Waals surface area contributed by atoms with E-state index in [1.807, 2.05) is 6.92 Å². The van der Waals surface area contributed by atoms with Crippen molar-refractivity contribution in [2.24, 2.45) is 5.92 Å². The molecule has 1 saturated heterocycles. The molecule has 1 aliphatic heterocycles. The van der Waals surface area contributed by atoms with Gasteiger partial charge in [-0.15, -0.1) is 0 Å². The lowest BCUT2D eigenvalue weighted by Gasteiger charge is -2.17. The van der Waals surface area contributed by atoms with E-state index in [0.717, 1.165) is 6.54 Å². The molecule has 2 atom stereocenters. The molecular weight excluding hydrogens is 334 g/mol. The van der Waals surface area contributed by atoms with Gasteiger partial charge in [-0.25, -0.2) is 4.98 Å². The van der Waals surface area contributed by atoms with Crippen LogP contribution in [-0.4, -0.2) is 36.7 Å². The first-order valence-electron chi connectivity index (χ1n) is 6.05. The molecule has 2 N–H and O–H groups in total. The van der Waals surface area contributed by atoms with Crippen LogP contribution in [0.3, 0.4) is 0 Å². The molecule has 7 heteroatoms. The minimum atomic E-state index is -0.186. The summed E-state index contributed by atoms with van der Waals surface area (Å²) in [5.74, 6) is -0.256. The van der Waals surface area contributed by atoms with Crippen molar-refractivity contribution in [1.29, 1.82) is 0 Å². The number of anilines is 1. The first-order chi connectivity index (χ1) is 9.11.